The third-order valence-electron chi connectivity index (χ3n) is 3.25. The second-order valence-corrected chi connectivity index (χ2v) is 8.18. The highest BCUT2D eigenvalue weighted by Crippen LogP contribution is 2.37. The van der Waals surface area contributed by atoms with E-state index < -0.39 is 0 Å². The van der Waals surface area contributed by atoms with E-state index in [1.807, 2.05) is 11.3 Å². The fourth-order valence-corrected chi connectivity index (χ4v) is 4.37. The summed E-state index contributed by atoms with van der Waals surface area (Å²) in [5.74, 6) is 0. The number of thiophene rings is 1. The minimum absolute atomic E-state index is 0.545. The number of rotatable bonds is 9. The Morgan fingerprint density at radius 1 is 1.11 bits per heavy atom. The molecule has 0 radical (unpaired) electrons. The van der Waals surface area contributed by atoms with Gasteiger partial charge in [-0.15, -0.1) is 11.3 Å². The lowest BCUT2D eigenvalue weighted by molar-refractivity contribution is 0.575. The topological polar surface area (TPSA) is 0 Å². The molecule has 0 aliphatic heterocycles. The van der Waals surface area contributed by atoms with Gasteiger partial charge in [-0.2, -0.15) is 0 Å². The smallest absolute Gasteiger partial charge is 0.0489 e. The van der Waals surface area contributed by atoms with Gasteiger partial charge in [0.15, 0.2) is 0 Å². The maximum Gasteiger partial charge on any atom is 0.0489 e. The fourth-order valence-electron chi connectivity index (χ4n) is 2.06. The number of hydrogen-bond donors (Lipinski definition) is 0. The summed E-state index contributed by atoms with van der Waals surface area (Å²) in [6.07, 6.45) is 11.0. The summed E-state index contributed by atoms with van der Waals surface area (Å²) >= 11 is 9.31. The van der Waals surface area contributed by atoms with Crippen molar-refractivity contribution < 1.29 is 0 Å². The van der Waals surface area contributed by atoms with E-state index in [1.54, 1.807) is 0 Å². The second kappa shape index (κ2) is 9.55. The molecular formula is C15H24Br2S. The van der Waals surface area contributed by atoms with Crippen LogP contribution < -0.4 is 0 Å². The molecule has 1 atom stereocenters. The molecule has 3 heteroatoms. The Kier molecular flexibility index (Phi) is 8.86. The van der Waals surface area contributed by atoms with Gasteiger partial charge in [-0.05, 0) is 35.3 Å². The first kappa shape index (κ1) is 16.7. The number of unbranched alkanes of at least 4 members (excludes halogenated alkanes) is 6. The van der Waals surface area contributed by atoms with Crippen LogP contribution in [0.4, 0.5) is 0 Å². The molecule has 0 spiro atoms. The van der Waals surface area contributed by atoms with E-state index in [4.69, 9.17) is 0 Å². The van der Waals surface area contributed by atoms with Gasteiger partial charge in [-0.25, -0.2) is 0 Å². The summed E-state index contributed by atoms with van der Waals surface area (Å²) in [6, 6.07) is 2.26. The highest BCUT2D eigenvalue weighted by atomic mass is 79.9. The summed E-state index contributed by atoms with van der Waals surface area (Å²) in [7, 11) is 0. The molecule has 0 N–H and O–H groups in total. The zero-order valence-electron chi connectivity index (χ0n) is 11.5. The van der Waals surface area contributed by atoms with E-state index in [9.17, 15) is 0 Å². The Labute approximate surface area is 133 Å². The van der Waals surface area contributed by atoms with Crippen molar-refractivity contribution in [3.8, 4) is 0 Å². The van der Waals surface area contributed by atoms with Crippen LogP contribution in [0.25, 0.3) is 0 Å². The number of aryl methyl sites for hydroxylation is 1. The van der Waals surface area contributed by atoms with Crippen molar-refractivity contribution in [1.29, 1.82) is 0 Å². The Balaban J connectivity index is 2.12. The third-order valence-corrected chi connectivity index (χ3v) is 6.75. The van der Waals surface area contributed by atoms with Gasteiger partial charge in [-0.1, -0.05) is 67.8 Å². The predicted molar refractivity (Wildman–Crippen MR) is 91.0 cm³/mol. The van der Waals surface area contributed by atoms with Gasteiger partial charge in [0, 0.05) is 19.1 Å². The molecule has 1 heterocycles. The molecule has 1 unspecified atom stereocenters. The molecule has 104 valence electrons. The molecule has 18 heavy (non-hydrogen) atoms. The van der Waals surface area contributed by atoms with Crippen LogP contribution in [0, 0.1) is 6.92 Å². The first-order valence-electron chi connectivity index (χ1n) is 7.05. The maximum atomic E-state index is 3.82. The van der Waals surface area contributed by atoms with E-state index >= 15 is 0 Å². The van der Waals surface area contributed by atoms with E-state index in [0.29, 0.717) is 4.83 Å². The normalized spacial score (nSPS) is 12.9. The van der Waals surface area contributed by atoms with Crippen molar-refractivity contribution in [3.63, 3.8) is 0 Å². The van der Waals surface area contributed by atoms with Gasteiger partial charge in [0.05, 0.1) is 0 Å². The standard InChI is InChI=1S/C15H24Br2S/c1-3-4-5-6-7-8-9-10-13(16)15-11-14(17)12(2)18-15/h11,13H,3-10H2,1-2H3. The highest BCUT2D eigenvalue weighted by molar-refractivity contribution is 9.10. The van der Waals surface area contributed by atoms with Crippen LogP contribution in [0.1, 0.15) is 72.9 Å². The summed E-state index contributed by atoms with van der Waals surface area (Å²) < 4.78 is 1.26. The predicted octanol–water partition coefficient (Wildman–Crippen LogP) is 7.40. The van der Waals surface area contributed by atoms with E-state index in [2.05, 4.69) is 51.8 Å². The molecule has 0 aromatic carbocycles. The van der Waals surface area contributed by atoms with Crippen molar-refractivity contribution in [2.75, 3.05) is 0 Å². The molecule has 0 nitrogen and oxygen atoms in total. The van der Waals surface area contributed by atoms with Gasteiger partial charge in [0.2, 0.25) is 0 Å². The van der Waals surface area contributed by atoms with Crippen molar-refractivity contribution >= 4 is 43.2 Å². The molecule has 1 aromatic heterocycles. The average Bonchev–Trinajstić information content (AvgIpc) is 2.68. The number of alkyl halides is 1. The Morgan fingerprint density at radius 2 is 1.72 bits per heavy atom. The third kappa shape index (κ3) is 6.21. The van der Waals surface area contributed by atoms with Gasteiger partial charge < -0.3 is 0 Å². The molecule has 0 fully saturated rings. The molecule has 1 rings (SSSR count). The molecule has 0 saturated heterocycles. The Morgan fingerprint density at radius 3 is 2.28 bits per heavy atom. The molecular weight excluding hydrogens is 372 g/mol. The monoisotopic (exact) mass is 394 g/mol. The summed E-state index contributed by atoms with van der Waals surface area (Å²) in [5.41, 5.74) is 0. The average molecular weight is 396 g/mol. The van der Waals surface area contributed by atoms with Gasteiger partial charge in [0.1, 0.15) is 0 Å². The van der Waals surface area contributed by atoms with E-state index in [1.165, 1.54) is 65.6 Å². The first-order valence-corrected chi connectivity index (χ1v) is 9.57. The molecule has 0 saturated carbocycles. The second-order valence-electron chi connectivity index (χ2n) is 4.93. The lowest BCUT2D eigenvalue weighted by atomic mass is 10.1. The van der Waals surface area contributed by atoms with Crippen molar-refractivity contribution in [3.05, 3.63) is 20.3 Å². The largest absolute Gasteiger partial charge is 0.143 e. The SMILES string of the molecule is CCCCCCCCCC(Br)c1cc(Br)c(C)s1. The molecule has 0 bridgehead atoms. The van der Waals surface area contributed by atoms with Crippen LogP contribution in [0.15, 0.2) is 10.5 Å². The van der Waals surface area contributed by atoms with E-state index in [0.717, 1.165) is 0 Å². The van der Waals surface area contributed by atoms with Crippen LogP contribution in [-0.4, -0.2) is 0 Å². The molecule has 0 aliphatic carbocycles. The fraction of sp³-hybridized carbons (Fsp3) is 0.733. The first-order chi connectivity index (χ1) is 8.65. The maximum absolute atomic E-state index is 3.82. The molecule has 1 aromatic rings. The lowest BCUT2D eigenvalue weighted by Crippen LogP contribution is -1.87. The number of hydrogen-bond acceptors (Lipinski definition) is 1. The number of halogens is 2. The van der Waals surface area contributed by atoms with Crippen molar-refractivity contribution in [1.82, 2.24) is 0 Å². The minimum atomic E-state index is 0.545. The lowest BCUT2D eigenvalue weighted by Gasteiger charge is -2.07. The quantitative estimate of drug-likeness (QED) is 0.301. The summed E-state index contributed by atoms with van der Waals surface area (Å²) in [6.45, 7) is 4.45. The zero-order valence-corrected chi connectivity index (χ0v) is 15.5. The molecule has 0 aliphatic rings. The van der Waals surface area contributed by atoms with Gasteiger partial charge in [-0.3, -0.25) is 0 Å². The summed E-state index contributed by atoms with van der Waals surface area (Å²) in [5, 5.41) is 0. The zero-order chi connectivity index (χ0) is 13.4. The van der Waals surface area contributed by atoms with Gasteiger partial charge in [0.25, 0.3) is 0 Å². The van der Waals surface area contributed by atoms with Crippen LogP contribution >= 0.6 is 43.2 Å². The van der Waals surface area contributed by atoms with Gasteiger partial charge >= 0.3 is 0 Å². The molecule has 0 amide bonds. The summed E-state index contributed by atoms with van der Waals surface area (Å²) in [4.78, 5) is 3.39. The highest BCUT2D eigenvalue weighted by Gasteiger charge is 2.11. The van der Waals surface area contributed by atoms with Crippen LogP contribution in [0.3, 0.4) is 0 Å². The Hall–Kier alpha value is 0.660. The van der Waals surface area contributed by atoms with Crippen molar-refractivity contribution in [2.45, 2.75) is 70.0 Å². The Bertz CT molecular complexity index is 314. The van der Waals surface area contributed by atoms with E-state index in [-0.39, 0.29) is 0 Å². The minimum Gasteiger partial charge on any atom is -0.143 e. The van der Waals surface area contributed by atoms with Crippen molar-refractivity contribution in [2.24, 2.45) is 0 Å². The van der Waals surface area contributed by atoms with Crippen LogP contribution in [0.5, 0.6) is 0 Å². The van der Waals surface area contributed by atoms with Crippen LogP contribution in [-0.2, 0) is 0 Å². The van der Waals surface area contributed by atoms with Crippen LogP contribution in [0.2, 0.25) is 0 Å².